The number of aryl methyl sites for hydroxylation is 1. The zero-order valence-electron chi connectivity index (χ0n) is 14.1. The van der Waals surface area contributed by atoms with Crippen molar-refractivity contribution in [3.8, 4) is 0 Å². The number of rotatable bonds is 3. The topological polar surface area (TPSA) is 62.3 Å². The van der Waals surface area contributed by atoms with E-state index in [4.69, 9.17) is 4.74 Å². The second-order valence-corrected chi connectivity index (χ2v) is 6.84. The summed E-state index contributed by atoms with van der Waals surface area (Å²) in [4.78, 5) is 14.2. The van der Waals surface area contributed by atoms with E-state index in [1.54, 1.807) is 12.1 Å². The zero-order valence-corrected chi connectivity index (χ0v) is 14.1. The standard InChI is InChI=1S/C20H21NO3/c1-12-5-7-14(8-6-12)18(15-9-10-16(21-15)19(22)23)17-11-20(3,4)13(2)24-17/h5-10,21H,2,11H2,1,3-4H3,(H,22,23). The van der Waals surface area contributed by atoms with Crippen LogP contribution in [0, 0.1) is 12.3 Å². The molecular weight excluding hydrogens is 302 g/mol. The van der Waals surface area contributed by atoms with E-state index in [1.807, 2.05) is 31.2 Å². The molecule has 0 amide bonds. The van der Waals surface area contributed by atoms with Crippen molar-refractivity contribution >= 4 is 11.5 Å². The fraction of sp³-hybridized carbons (Fsp3) is 0.250. The van der Waals surface area contributed by atoms with Crippen LogP contribution in [0.15, 0.2) is 54.5 Å². The minimum Gasteiger partial charge on any atom is -0.477 e. The van der Waals surface area contributed by atoms with E-state index < -0.39 is 5.97 Å². The summed E-state index contributed by atoms with van der Waals surface area (Å²) in [5.74, 6) is 0.561. The Morgan fingerprint density at radius 1 is 1.17 bits per heavy atom. The summed E-state index contributed by atoms with van der Waals surface area (Å²) in [5, 5.41) is 9.18. The molecule has 1 saturated heterocycles. The molecule has 2 heterocycles. The maximum absolute atomic E-state index is 11.2. The summed E-state index contributed by atoms with van der Waals surface area (Å²) >= 11 is 0. The Morgan fingerprint density at radius 2 is 1.79 bits per heavy atom. The van der Waals surface area contributed by atoms with E-state index in [9.17, 15) is 9.90 Å². The van der Waals surface area contributed by atoms with Crippen molar-refractivity contribution < 1.29 is 14.6 Å². The van der Waals surface area contributed by atoms with Crippen LogP contribution in [0.4, 0.5) is 0 Å². The summed E-state index contributed by atoms with van der Waals surface area (Å²) in [7, 11) is 0. The summed E-state index contributed by atoms with van der Waals surface area (Å²) in [6.07, 6.45) is 0.719. The second kappa shape index (κ2) is 5.71. The Morgan fingerprint density at radius 3 is 2.29 bits per heavy atom. The average molecular weight is 323 g/mol. The van der Waals surface area contributed by atoms with Crippen LogP contribution in [0.1, 0.15) is 47.6 Å². The van der Waals surface area contributed by atoms with Gasteiger partial charge in [0.25, 0.3) is 0 Å². The SMILES string of the molecule is C=C1OC(=C(c2ccc(C)cc2)c2ccc(C(=O)O)[nH]2)CC1(C)C. The molecule has 0 radical (unpaired) electrons. The van der Waals surface area contributed by atoms with Crippen molar-refractivity contribution in [2.24, 2.45) is 5.41 Å². The Labute approximate surface area is 141 Å². The lowest BCUT2D eigenvalue weighted by Crippen LogP contribution is -2.06. The highest BCUT2D eigenvalue weighted by molar-refractivity contribution is 5.88. The normalized spacial score (nSPS) is 18.4. The monoisotopic (exact) mass is 323 g/mol. The van der Waals surface area contributed by atoms with Gasteiger partial charge in [-0.05, 0) is 24.6 Å². The smallest absolute Gasteiger partial charge is 0.352 e. The van der Waals surface area contributed by atoms with Crippen LogP contribution in [0.5, 0.6) is 0 Å². The number of aromatic carboxylic acids is 1. The van der Waals surface area contributed by atoms with Crippen molar-refractivity contribution in [2.45, 2.75) is 27.2 Å². The molecule has 24 heavy (non-hydrogen) atoms. The van der Waals surface area contributed by atoms with Crippen LogP contribution in [0.3, 0.4) is 0 Å². The largest absolute Gasteiger partial charge is 0.477 e. The van der Waals surface area contributed by atoms with Gasteiger partial charge in [0, 0.05) is 17.4 Å². The molecule has 2 aromatic rings. The Bertz CT molecular complexity index is 838. The number of carboxylic acids is 1. The molecule has 0 atom stereocenters. The molecule has 3 rings (SSSR count). The van der Waals surface area contributed by atoms with Crippen LogP contribution in [0.25, 0.3) is 5.57 Å². The van der Waals surface area contributed by atoms with Crippen molar-refractivity contribution in [3.05, 3.63) is 77.0 Å². The highest BCUT2D eigenvalue weighted by Crippen LogP contribution is 2.45. The molecular formula is C20H21NO3. The number of ether oxygens (including phenoxy) is 1. The third-order valence-electron chi connectivity index (χ3n) is 4.41. The number of allylic oxidation sites excluding steroid dienone is 2. The lowest BCUT2D eigenvalue weighted by molar-refractivity contribution is 0.0691. The van der Waals surface area contributed by atoms with E-state index in [2.05, 4.69) is 25.4 Å². The van der Waals surface area contributed by atoms with Gasteiger partial charge < -0.3 is 14.8 Å². The van der Waals surface area contributed by atoms with Gasteiger partial charge in [0.05, 0.1) is 5.69 Å². The number of benzene rings is 1. The molecule has 0 aliphatic carbocycles. The molecule has 1 aliphatic rings. The minimum absolute atomic E-state index is 0.145. The Hall–Kier alpha value is -2.75. The van der Waals surface area contributed by atoms with E-state index in [1.165, 1.54) is 0 Å². The Balaban J connectivity index is 2.16. The van der Waals surface area contributed by atoms with Gasteiger partial charge in [0.2, 0.25) is 0 Å². The third-order valence-corrected chi connectivity index (χ3v) is 4.41. The summed E-state index contributed by atoms with van der Waals surface area (Å²) < 4.78 is 5.97. The number of carboxylic acid groups (broad SMARTS) is 1. The molecule has 4 heteroatoms. The first-order valence-electron chi connectivity index (χ1n) is 7.88. The van der Waals surface area contributed by atoms with Crippen molar-refractivity contribution in [3.63, 3.8) is 0 Å². The molecule has 0 unspecified atom stereocenters. The fourth-order valence-electron chi connectivity index (χ4n) is 2.81. The molecule has 1 aliphatic heterocycles. The van der Waals surface area contributed by atoms with Gasteiger partial charge in [-0.15, -0.1) is 0 Å². The van der Waals surface area contributed by atoms with Crippen molar-refractivity contribution in [1.29, 1.82) is 0 Å². The van der Waals surface area contributed by atoms with Crippen molar-refractivity contribution in [1.82, 2.24) is 4.98 Å². The molecule has 0 bridgehead atoms. The highest BCUT2D eigenvalue weighted by atomic mass is 16.5. The van der Waals surface area contributed by atoms with E-state index in [-0.39, 0.29) is 11.1 Å². The van der Waals surface area contributed by atoms with Crippen LogP contribution in [-0.4, -0.2) is 16.1 Å². The number of nitrogens with one attached hydrogen (secondary N) is 1. The van der Waals surface area contributed by atoms with Gasteiger partial charge in [-0.25, -0.2) is 4.79 Å². The zero-order chi connectivity index (χ0) is 17.5. The molecule has 0 spiro atoms. The number of hydrogen-bond donors (Lipinski definition) is 2. The molecule has 1 aromatic carbocycles. The van der Waals surface area contributed by atoms with Gasteiger partial charge in [-0.1, -0.05) is 50.3 Å². The Kier molecular flexibility index (Phi) is 3.84. The lowest BCUT2D eigenvalue weighted by Gasteiger charge is -2.13. The number of carbonyl (C=O) groups is 1. The van der Waals surface area contributed by atoms with Gasteiger partial charge >= 0.3 is 5.97 Å². The van der Waals surface area contributed by atoms with E-state index in [0.29, 0.717) is 0 Å². The molecule has 124 valence electrons. The van der Waals surface area contributed by atoms with Gasteiger partial charge in [-0.3, -0.25) is 0 Å². The molecule has 1 aromatic heterocycles. The summed E-state index contributed by atoms with van der Waals surface area (Å²) in [6, 6.07) is 11.5. The van der Waals surface area contributed by atoms with Crippen LogP contribution in [0.2, 0.25) is 0 Å². The van der Waals surface area contributed by atoms with Crippen LogP contribution >= 0.6 is 0 Å². The predicted octanol–water partition coefficient (Wildman–Crippen LogP) is 4.74. The maximum Gasteiger partial charge on any atom is 0.352 e. The van der Waals surface area contributed by atoms with Crippen LogP contribution in [-0.2, 0) is 4.74 Å². The van der Waals surface area contributed by atoms with Crippen molar-refractivity contribution in [2.75, 3.05) is 0 Å². The number of hydrogen-bond acceptors (Lipinski definition) is 2. The quantitative estimate of drug-likeness (QED) is 0.857. The fourth-order valence-corrected chi connectivity index (χ4v) is 2.81. The average Bonchev–Trinajstić information content (AvgIpc) is 3.07. The number of H-pyrrole nitrogens is 1. The van der Waals surface area contributed by atoms with E-state index >= 15 is 0 Å². The molecule has 1 fully saturated rings. The summed E-state index contributed by atoms with van der Waals surface area (Å²) in [5.41, 5.74) is 3.78. The number of aromatic amines is 1. The second-order valence-electron chi connectivity index (χ2n) is 6.84. The van der Waals surface area contributed by atoms with Gasteiger partial charge in [-0.2, -0.15) is 0 Å². The maximum atomic E-state index is 11.2. The number of aromatic nitrogens is 1. The predicted molar refractivity (Wildman–Crippen MR) is 93.6 cm³/mol. The molecule has 4 nitrogen and oxygen atoms in total. The molecule has 0 saturated carbocycles. The highest BCUT2D eigenvalue weighted by Gasteiger charge is 2.35. The third kappa shape index (κ3) is 2.87. The first kappa shape index (κ1) is 16.1. The van der Waals surface area contributed by atoms with Gasteiger partial charge in [0.15, 0.2) is 0 Å². The van der Waals surface area contributed by atoms with Crippen LogP contribution < -0.4 is 0 Å². The van der Waals surface area contributed by atoms with E-state index in [0.717, 1.165) is 40.3 Å². The van der Waals surface area contributed by atoms with Gasteiger partial charge in [0.1, 0.15) is 17.2 Å². The first-order chi connectivity index (χ1) is 11.3. The molecule has 2 N–H and O–H groups in total. The summed E-state index contributed by atoms with van der Waals surface area (Å²) in [6.45, 7) is 10.2. The first-order valence-corrected chi connectivity index (χ1v) is 7.88. The lowest BCUT2D eigenvalue weighted by atomic mass is 9.87. The minimum atomic E-state index is -0.980.